The lowest BCUT2D eigenvalue weighted by Crippen LogP contribution is -2.40. The Balaban J connectivity index is 1.64. The van der Waals surface area contributed by atoms with Crippen molar-refractivity contribution in [2.24, 2.45) is 23.3 Å². The van der Waals surface area contributed by atoms with Gasteiger partial charge in [0, 0.05) is 42.4 Å². The summed E-state index contributed by atoms with van der Waals surface area (Å²) in [5.74, 6) is 1.35. The summed E-state index contributed by atoms with van der Waals surface area (Å²) >= 11 is 0. The number of hydrogen-bond acceptors (Lipinski definition) is 6. The van der Waals surface area contributed by atoms with Crippen LogP contribution in [0.2, 0.25) is 0 Å². The largest absolute Gasteiger partial charge is 0.416 e. The van der Waals surface area contributed by atoms with Crippen LogP contribution in [0, 0.1) is 18.8 Å². The van der Waals surface area contributed by atoms with Crippen molar-refractivity contribution < 1.29 is 17.9 Å². The topological polar surface area (TPSA) is 89.4 Å². The van der Waals surface area contributed by atoms with Crippen molar-refractivity contribution in [3.05, 3.63) is 57.7 Å². The van der Waals surface area contributed by atoms with Gasteiger partial charge in [0.25, 0.3) is 0 Å². The van der Waals surface area contributed by atoms with E-state index in [4.69, 9.17) is 16.2 Å². The molecule has 2 atom stereocenters. The Hall–Kier alpha value is -2.94. The molecule has 1 aromatic carbocycles. The standard InChI is InChI=1S/C23H28F3N5O/c1-13-15(4-3-5-20(13)23(24,25)26)7-30-22(28)19-6-18(8-29-21(19)14(2)27)31-9-16-11-32-12-17(16)10-31/h3-6,8,16-17,30H,7,9-12,27-28H2,1-2H3/b21-14+,22-19+. The summed E-state index contributed by atoms with van der Waals surface area (Å²) in [6.07, 6.45) is -2.60. The van der Waals surface area contributed by atoms with Gasteiger partial charge < -0.3 is 26.4 Å². The summed E-state index contributed by atoms with van der Waals surface area (Å²) in [7, 11) is 0. The molecule has 2 saturated heterocycles. The molecular formula is C23H28F3N5O. The number of anilines is 1. The van der Waals surface area contributed by atoms with Gasteiger partial charge in [0.15, 0.2) is 0 Å². The van der Waals surface area contributed by atoms with Gasteiger partial charge in [-0.15, -0.1) is 0 Å². The van der Waals surface area contributed by atoms with E-state index in [1.807, 2.05) is 6.07 Å². The maximum absolute atomic E-state index is 13.2. The van der Waals surface area contributed by atoms with Gasteiger partial charge in [0.05, 0.1) is 36.0 Å². The molecule has 172 valence electrons. The van der Waals surface area contributed by atoms with Gasteiger partial charge in [-0.1, -0.05) is 12.1 Å². The van der Waals surface area contributed by atoms with E-state index in [0.717, 1.165) is 38.1 Å². The molecule has 2 aliphatic rings. The first-order valence-corrected chi connectivity index (χ1v) is 10.6. The molecule has 2 aromatic rings. The minimum absolute atomic E-state index is 0.153. The monoisotopic (exact) mass is 447 g/mol. The summed E-state index contributed by atoms with van der Waals surface area (Å²) in [4.78, 5) is 6.80. The van der Waals surface area contributed by atoms with E-state index in [1.54, 1.807) is 19.2 Å². The zero-order valence-electron chi connectivity index (χ0n) is 18.2. The highest BCUT2D eigenvalue weighted by atomic mass is 19.4. The first-order chi connectivity index (χ1) is 15.1. The van der Waals surface area contributed by atoms with Crippen molar-refractivity contribution in [2.45, 2.75) is 26.6 Å². The van der Waals surface area contributed by atoms with Crippen molar-refractivity contribution in [1.29, 1.82) is 0 Å². The minimum Gasteiger partial charge on any atom is -0.401 e. The molecule has 2 unspecified atom stereocenters. The van der Waals surface area contributed by atoms with Crippen molar-refractivity contribution in [1.82, 2.24) is 10.3 Å². The molecule has 2 aliphatic heterocycles. The molecule has 4 rings (SSSR count). The van der Waals surface area contributed by atoms with Crippen molar-refractivity contribution in [3.8, 4) is 0 Å². The third kappa shape index (κ3) is 4.34. The predicted octanol–water partition coefficient (Wildman–Crippen LogP) is 1.39. The molecule has 0 amide bonds. The van der Waals surface area contributed by atoms with Gasteiger partial charge in [-0.3, -0.25) is 4.98 Å². The van der Waals surface area contributed by atoms with Crippen LogP contribution in [0.1, 0.15) is 23.6 Å². The molecule has 6 nitrogen and oxygen atoms in total. The lowest BCUT2D eigenvalue weighted by molar-refractivity contribution is -0.138. The van der Waals surface area contributed by atoms with Gasteiger partial charge in [-0.25, -0.2) is 0 Å². The Labute approximate surface area is 184 Å². The van der Waals surface area contributed by atoms with Gasteiger partial charge in [0.1, 0.15) is 5.82 Å². The molecule has 0 radical (unpaired) electrons. The maximum atomic E-state index is 13.2. The smallest absolute Gasteiger partial charge is 0.401 e. The van der Waals surface area contributed by atoms with E-state index < -0.39 is 11.7 Å². The Morgan fingerprint density at radius 2 is 1.91 bits per heavy atom. The average molecular weight is 448 g/mol. The fourth-order valence-electron chi connectivity index (χ4n) is 4.51. The average Bonchev–Trinajstić information content (AvgIpc) is 3.33. The molecule has 5 N–H and O–H groups in total. The Kier molecular flexibility index (Phi) is 5.94. The molecule has 0 saturated carbocycles. The van der Waals surface area contributed by atoms with Gasteiger partial charge >= 0.3 is 6.18 Å². The molecule has 1 aromatic heterocycles. The lowest BCUT2D eigenvalue weighted by Gasteiger charge is -2.20. The van der Waals surface area contributed by atoms with Crippen LogP contribution in [0.25, 0.3) is 11.5 Å². The SMILES string of the molecule is C/C(N)=c1\ncc(N2CC3COCC3C2)c\c1=C(\N)NCc1cccc(C(F)(F)F)c1C. The van der Waals surface area contributed by atoms with Crippen LogP contribution in [-0.2, 0) is 17.5 Å². The second-order valence-corrected chi connectivity index (χ2v) is 8.59. The van der Waals surface area contributed by atoms with Crippen LogP contribution in [0.5, 0.6) is 0 Å². The third-order valence-corrected chi connectivity index (χ3v) is 6.36. The molecular weight excluding hydrogens is 419 g/mol. The van der Waals surface area contributed by atoms with Crippen molar-refractivity contribution in [3.63, 3.8) is 0 Å². The Morgan fingerprint density at radius 1 is 1.22 bits per heavy atom. The molecule has 0 spiro atoms. The number of benzene rings is 1. The molecule has 32 heavy (non-hydrogen) atoms. The molecule has 2 fully saturated rings. The van der Waals surface area contributed by atoms with Crippen LogP contribution >= 0.6 is 0 Å². The third-order valence-electron chi connectivity index (χ3n) is 6.36. The van der Waals surface area contributed by atoms with Crippen LogP contribution in [-0.4, -0.2) is 31.3 Å². The zero-order chi connectivity index (χ0) is 23.0. The van der Waals surface area contributed by atoms with E-state index in [0.29, 0.717) is 39.5 Å². The summed E-state index contributed by atoms with van der Waals surface area (Å²) in [5, 5.41) is 4.26. The van der Waals surface area contributed by atoms with Crippen molar-refractivity contribution >= 4 is 17.2 Å². The highest BCUT2D eigenvalue weighted by Crippen LogP contribution is 2.33. The molecule has 9 heteroatoms. The van der Waals surface area contributed by atoms with E-state index in [2.05, 4.69) is 15.2 Å². The summed E-state index contributed by atoms with van der Waals surface area (Å²) < 4.78 is 45.2. The summed E-state index contributed by atoms with van der Waals surface area (Å²) in [6, 6.07) is 6.09. The van der Waals surface area contributed by atoms with Crippen molar-refractivity contribution in [2.75, 3.05) is 31.2 Å². The minimum atomic E-state index is -4.40. The fraction of sp³-hybridized carbons (Fsp3) is 0.435. The summed E-state index contributed by atoms with van der Waals surface area (Å²) in [6.45, 7) is 6.71. The molecule has 0 aliphatic carbocycles. The number of rotatable bonds is 4. The number of nitrogens with zero attached hydrogens (tertiary/aromatic N) is 2. The highest BCUT2D eigenvalue weighted by molar-refractivity contribution is 5.52. The van der Waals surface area contributed by atoms with Crippen LogP contribution in [0.15, 0.2) is 30.5 Å². The number of pyridine rings is 1. The first-order valence-electron chi connectivity index (χ1n) is 10.6. The Bertz CT molecular complexity index is 1120. The maximum Gasteiger partial charge on any atom is 0.416 e. The highest BCUT2D eigenvalue weighted by Gasteiger charge is 2.37. The lowest BCUT2D eigenvalue weighted by atomic mass is 10.0. The number of alkyl halides is 3. The number of aromatic nitrogens is 1. The summed E-state index contributed by atoms with van der Waals surface area (Å²) in [5.41, 5.74) is 13.9. The predicted molar refractivity (Wildman–Crippen MR) is 117 cm³/mol. The second-order valence-electron chi connectivity index (χ2n) is 8.59. The normalized spacial score (nSPS) is 22.6. The van der Waals surface area contributed by atoms with E-state index in [-0.39, 0.29) is 12.1 Å². The number of nitrogens with two attached hydrogens (primary N) is 2. The van der Waals surface area contributed by atoms with E-state index in [9.17, 15) is 13.2 Å². The number of halogens is 3. The van der Waals surface area contributed by atoms with E-state index >= 15 is 0 Å². The quantitative estimate of drug-likeness (QED) is 0.657. The van der Waals surface area contributed by atoms with Gasteiger partial charge in [0.2, 0.25) is 0 Å². The number of hydrogen-bond donors (Lipinski definition) is 3. The van der Waals surface area contributed by atoms with Crippen LogP contribution in [0.4, 0.5) is 18.9 Å². The molecule has 0 bridgehead atoms. The van der Waals surface area contributed by atoms with E-state index in [1.165, 1.54) is 13.0 Å². The second kappa shape index (κ2) is 8.54. The number of nitrogens with one attached hydrogen (secondary N) is 1. The first kappa shape index (κ1) is 22.3. The van der Waals surface area contributed by atoms with Crippen LogP contribution < -0.4 is 32.3 Å². The van der Waals surface area contributed by atoms with Crippen LogP contribution in [0.3, 0.4) is 0 Å². The van der Waals surface area contributed by atoms with Gasteiger partial charge in [-0.05, 0) is 37.1 Å². The number of ether oxygens (including phenoxy) is 1. The zero-order valence-corrected chi connectivity index (χ0v) is 18.2. The number of fused-ring (bicyclic) bond motifs is 1. The van der Waals surface area contributed by atoms with Gasteiger partial charge in [-0.2, -0.15) is 13.2 Å². The Morgan fingerprint density at radius 3 is 2.53 bits per heavy atom. The fourth-order valence-corrected chi connectivity index (χ4v) is 4.51. The molecule has 3 heterocycles.